The van der Waals surface area contributed by atoms with E-state index in [0.717, 1.165) is 0 Å². The highest BCUT2D eigenvalue weighted by Crippen LogP contribution is 2.42. The van der Waals surface area contributed by atoms with Crippen LogP contribution in [0.2, 0.25) is 0 Å². The second kappa shape index (κ2) is 5.35. The van der Waals surface area contributed by atoms with Gasteiger partial charge >= 0.3 is 0 Å². The fourth-order valence-electron chi connectivity index (χ4n) is 2.32. The van der Waals surface area contributed by atoms with E-state index >= 15 is 0 Å². The molecule has 0 radical (unpaired) electrons. The van der Waals surface area contributed by atoms with E-state index in [1.54, 1.807) is 0 Å². The van der Waals surface area contributed by atoms with Crippen LogP contribution in [0.3, 0.4) is 0 Å². The van der Waals surface area contributed by atoms with Crippen molar-refractivity contribution >= 4 is 0 Å². The summed E-state index contributed by atoms with van der Waals surface area (Å²) in [5, 5.41) is 52.8. The summed E-state index contributed by atoms with van der Waals surface area (Å²) in [4.78, 5) is 0. The minimum atomic E-state index is -0.958. The van der Waals surface area contributed by atoms with Gasteiger partial charge in [-0.1, -0.05) is 0 Å². The number of aliphatic hydroxyl groups is 6. The maximum absolute atomic E-state index is 8.94. The molecule has 1 saturated carbocycles. The Balaban J connectivity index is 0.000000134. The second-order valence-electron chi connectivity index (χ2n) is 4.66. The first kappa shape index (κ1) is 14.1. The first-order valence-corrected chi connectivity index (χ1v) is 5.77. The Bertz CT molecular complexity index is 266. The van der Waals surface area contributed by atoms with Crippen LogP contribution in [0, 0.1) is 5.92 Å². The first-order chi connectivity index (χ1) is 8.45. The van der Waals surface area contributed by atoms with Gasteiger partial charge in [0, 0.05) is 6.42 Å². The van der Waals surface area contributed by atoms with Crippen molar-refractivity contribution in [1.29, 1.82) is 0 Å². The van der Waals surface area contributed by atoms with Crippen molar-refractivity contribution in [3.8, 4) is 0 Å². The molecule has 106 valence electrons. The molecule has 0 aromatic rings. The lowest BCUT2D eigenvalue weighted by Crippen LogP contribution is -2.54. The maximum Gasteiger partial charge on any atom is 0.163 e. The third-order valence-electron chi connectivity index (χ3n) is 3.47. The third-order valence-corrected chi connectivity index (χ3v) is 3.47. The lowest BCUT2D eigenvalue weighted by Gasteiger charge is -2.33. The van der Waals surface area contributed by atoms with Crippen LogP contribution in [0.1, 0.15) is 6.42 Å². The van der Waals surface area contributed by atoms with E-state index in [2.05, 4.69) is 4.74 Å². The number of fused-ring (bicyclic) bond motifs is 1. The zero-order chi connectivity index (χ0) is 13.4. The van der Waals surface area contributed by atoms with E-state index in [4.69, 9.17) is 35.4 Å². The minimum Gasteiger partial charge on any atom is -0.394 e. The predicted octanol–water partition coefficient (Wildman–Crippen LogP) is -3.50. The average Bonchev–Trinajstić information content (AvgIpc) is 2.91. The fraction of sp³-hybridized carbons (Fsp3) is 1.00. The zero-order valence-corrected chi connectivity index (χ0v) is 9.53. The quantitative estimate of drug-likeness (QED) is 0.287. The largest absolute Gasteiger partial charge is 0.394 e. The lowest BCUT2D eigenvalue weighted by molar-refractivity contribution is -0.115. The lowest BCUT2D eigenvalue weighted by atomic mass is 9.79. The predicted molar refractivity (Wildman–Crippen MR) is 55.0 cm³/mol. The van der Waals surface area contributed by atoms with Crippen molar-refractivity contribution in [3.63, 3.8) is 0 Å². The molecule has 0 aromatic heterocycles. The Hall–Kier alpha value is -0.320. The molecule has 2 bridgehead atoms. The molecular formula is C10H18O8. The van der Waals surface area contributed by atoms with Gasteiger partial charge in [-0.3, -0.25) is 0 Å². The van der Waals surface area contributed by atoms with Crippen molar-refractivity contribution in [2.75, 3.05) is 6.61 Å². The van der Waals surface area contributed by atoms with Gasteiger partial charge in [0.05, 0.1) is 30.8 Å². The molecule has 0 aromatic carbocycles. The highest BCUT2D eigenvalue weighted by atomic mass is 16.6. The van der Waals surface area contributed by atoms with Crippen LogP contribution in [0.5, 0.6) is 0 Å². The standard InChI is InChI=1S/C5H8O4.C5H10O4/c6-2-1-3(7)4(2)9-5(1)8;6-2-4-3(7)1-5(8)9-4/h1-8H;3-8H,1-2H2/t1?,2-,3?,4-,5-;3-,4+,5-/m00/s1. The molecule has 8 atom stereocenters. The molecule has 8 heteroatoms. The van der Waals surface area contributed by atoms with E-state index in [0.29, 0.717) is 0 Å². The Morgan fingerprint density at radius 3 is 1.72 bits per heavy atom. The van der Waals surface area contributed by atoms with Gasteiger partial charge in [-0.2, -0.15) is 0 Å². The maximum atomic E-state index is 8.94. The van der Waals surface area contributed by atoms with Crippen molar-refractivity contribution in [2.24, 2.45) is 5.92 Å². The van der Waals surface area contributed by atoms with E-state index in [-0.39, 0.29) is 13.0 Å². The van der Waals surface area contributed by atoms with Gasteiger partial charge in [-0.05, 0) is 0 Å². The molecule has 6 N–H and O–H groups in total. The van der Waals surface area contributed by atoms with Crippen LogP contribution in [-0.4, -0.2) is 80.3 Å². The van der Waals surface area contributed by atoms with Gasteiger partial charge in [0.25, 0.3) is 0 Å². The second-order valence-corrected chi connectivity index (χ2v) is 4.66. The van der Waals surface area contributed by atoms with Gasteiger partial charge in [0.15, 0.2) is 12.6 Å². The van der Waals surface area contributed by atoms with E-state index in [9.17, 15) is 0 Å². The summed E-state index contributed by atoms with van der Waals surface area (Å²) in [5.74, 6) is -0.463. The Morgan fingerprint density at radius 1 is 0.944 bits per heavy atom. The van der Waals surface area contributed by atoms with Gasteiger partial charge in [0.2, 0.25) is 0 Å². The SMILES string of the molecule is OC1C2[C@@H](O)O[C@H]1[C@H]2O.OC[C@H]1O[C@H](O)C[C@@H]1O. The molecule has 4 fully saturated rings. The van der Waals surface area contributed by atoms with Crippen LogP contribution in [0.4, 0.5) is 0 Å². The summed E-state index contributed by atoms with van der Waals surface area (Å²) in [6, 6.07) is 0. The number of hydrogen-bond donors (Lipinski definition) is 6. The Kier molecular flexibility index (Phi) is 4.19. The van der Waals surface area contributed by atoms with Crippen LogP contribution < -0.4 is 0 Å². The Labute approximate surface area is 103 Å². The molecule has 3 aliphatic heterocycles. The van der Waals surface area contributed by atoms with Crippen molar-refractivity contribution in [3.05, 3.63) is 0 Å². The summed E-state index contributed by atoms with van der Waals surface area (Å²) in [6.07, 6.45) is -4.83. The molecule has 2 unspecified atom stereocenters. The number of hydrogen-bond acceptors (Lipinski definition) is 8. The van der Waals surface area contributed by atoms with Crippen molar-refractivity contribution in [2.45, 2.75) is 49.5 Å². The zero-order valence-electron chi connectivity index (χ0n) is 9.53. The number of aliphatic hydroxyl groups excluding tert-OH is 6. The molecule has 1 aliphatic carbocycles. The van der Waals surface area contributed by atoms with E-state index in [1.165, 1.54) is 0 Å². The average molecular weight is 266 g/mol. The molecule has 8 nitrogen and oxygen atoms in total. The third kappa shape index (κ3) is 2.38. The normalized spacial score (nSPS) is 53.7. The summed E-state index contributed by atoms with van der Waals surface area (Å²) >= 11 is 0. The summed E-state index contributed by atoms with van der Waals surface area (Å²) in [7, 11) is 0. The van der Waals surface area contributed by atoms with Crippen LogP contribution in [0.25, 0.3) is 0 Å². The van der Waals surface area contributed by atoms with Crippen LogP contribution in [0.15, 0.2) is 0 Å². The number of ether oxygens (including phenoxy) is 2. The molecule has 3 saturated heterocycles. The van der Waals surface area contributed by atoms with E-state index in [1.807, 2.05) is 0 Å². The number of rotatable bonds is 1. The van der Waals surface area contributed by atoms with Gasteiger partial charge in [-0.25, -0.2) is 0 Å². The molecule has 0 spiro atoms. The van der Waals surface area contributed by atoms with Crippen molar-refractivity contribution < 1.29 is 40.1 Å². The van der Waals surface area contributed by atoms with Crippen LogP contribution in [-0.2, 0) is 9.47 Å². The summed E-state index contributed by atoms with van der Waals surface area (Å²) in [6.45, 7) is -0.238. The van der Waals surface area contributed by atoms with Crippen molar-refractivity contribution in [1.82, 2.24) is 0 Å². The first-order valence-electron chi connectivity index (χ1n) is 5.77. The summed E-state index contributed by atoms with van der Waals surface area (Å²) in [5.41, 5.74) is 0. The molecule has 4 rings (SSSR count). The molecule has 4 aliphatic rings. The molecular weight excluding hydrogens is 248 g/mol. The molecule has 0 amide bonds. The highest BCUT2D eigenvalue weighted by molar-refractivity contribution is 5.06. The molecule has 3 heterocycles. The minimum absolute atomic E-state index is 0.200. The summed E-state index contributed by atoms with van der Waals surface area (Å²) < 4.78 is 9.39. The van der Waals surface area contributed by atoms with Gasteiger partial charge < -0.3 is 40.1 Å². The Morgan fingerprint density at radius 2 is 1.56 bits per heavy atom. The van der Waals surface area contributed by atoms with Gasteiger partial charge in [-0.15, -0.1) is 0 Å². The monoisotopic (exact) mass is 266 g/mol. The topological polar surface area (TPSA) is 140 Å². The van der Waals surface area contributed by atoms with Crippen LogP contribution >= 0.6 is 0 Å². The smallest absolute Gasteiger partial charge is 0.163 e. The highest BCUT2D eigenvalue weighted by Gasteiger charge is 2.61. The fourth-order valence-corrected chi connectivity index (χ4v) is 2.32. The van der Waals surface area contributed by atoms with E-state index < -0.39 is 49.0 Å². The molecule has 18 heavy (non-hydrogen) atoms. The van der Waals surface area contributed by atoms with Gasteiger partial charge in [0.1, 0.15) is 12.2 Å².